The molecule has 2 aliphatic rings. The van der Waals surface area contributed by atoms with Crippen LogP contribution in [0.5, 0.6) is 0 Å². The summed E-state index contributed by atoms with van der Waals surface area (Å²) < 4.78 is 0. The summed E-state index contributed by atoms with van der Waals surface area (Å²) in [4.78, 5) is 2.48. The summed E-state index contributed by atoms with van der Waals surface area (Å²) in [6, 6.07) is 0.995. The van der Waals surface area contributed by atoms with Crippen LogP contribution in [0.1, 0.15) is 19.3 Å². The molecule has 0 radical (unpaired) electrons. The summed E-state index contributed by atoms with van der Waals surface area (Å²) in [5, 5.41) is 0. The van der Waals surface area contributed by atoms with Crippen LogP contribution in [0.25, 0.3) is 0 Å². The van der Waals surface area contributed by atoms with Gasteiger partial charge in [-0.2, -0.15) is 0 Å². The smallest absolute Gasteiger partial charge is 0.0133 e. The third-order valence-corrected chi connectivity index (χ3v) is 2.71. The van der Waals surface area contributed by atoms with E-state index in [1.165, 1.54) is 25.8 Å². The highest BCUT2D eigenvalue weighted by Crippen LogP contribution is 2.37. The van der Waals surface area contributed by atoms with E-state index in [-0.39, 0.29) is 0 Å². The molecule has 0 aromatic rings. The molecule has 1 heterocycles. The third-order valence-electron chi connectivity index (χ3n) is 2.71. The number of rotatable bonds is 0. The van der Waals surface area contributed by atoms with E-state index >= 15 is 0 Å². The predicted octanol–water partition coefficient (Wildman–Crippen LogP) is 1.10. The van der Waals surface area contributed by atoms with Gasteiger partial charge in [0.2, 0.25) is 0 Å². The lowest BCUT2D eigenvalue weighted by atomic mass is 9.93. The average molecular weight is 111 g/mol. The molecule has 0 amide bonds. The van der Waals surface area contributed by atoms with Gasteiger partial charge in [-0.15, -0.1) is 0 Å². The number of nitrogens with zero attached hydrogens (tertiary/aromatic N) is 1. The van der Waals surface area contributed by atoms with Crippen molar-refractivity contribution in [1.29, 1.82) is 0 Å². The molecule has 2 rings (SSSR count). The maximum Gasteiger partial charge on any atom is 0.0133 e. The second-order valence-corrected chi connectivity index (χ2v) is 3.20. The molecule has 1 aliphatic heterocycles. The van der Waals surface area contributed by atoms with Gasteiger partial charge in [-0.25, -0.2) is 0 Å². The lowest BCUT2D eigenvalue weighted by molar-refractivity contribution is 0.0679. The summed E-state index contributed by atoms with van der Waals surface area (Å²) in [5.41, 5.74) is 0. The first-order valence-electron chi connectivity index (χ1n) is 3.58. The van der Waals surface area contributed by atoms with Crippen LogP contribution in [0.2, 0.25) is 0 Å². The van der Waals surface area contributed by atoms with Crippen molar-refractivity contribution in [2.75, 3.05) is 13.6 Å². The number of fused-ring (bicyclic) bond motifs is 1. The molecule has 1 saturated heterocycles. The minimum Gasteiger partial charge on any atom is -0.303 e. The van der Waals surface area contributed by atoms with E-state index in [2.05, 4.69) is 11.9 Å². The molecule has 1 saturated carbocycles. The van der Waals surface area contributed by atoms with Gasteiger partial charge in [0.25, 0.3) is 0 Å². The van der Waals surface area contributed by atoms with Crippen molar-refractivity contribution in [3.63, 3.8) is 0 Å². The van der Waals surface area contributed by atoms with E-state index in [9.17, 15) is 0 Å². The van der Waals surface area contributed by atoms with Gasteiger partial charge in [0, 0.05) is 12.6 Å². The van der Waals surface area contributed by atoms with Gasteiger partial charge in [-0.1, -0.05) is 6.42 Å². The topological polar surface area (TPSA) is 3.24 Å². The van der Waals surface area contributed by atoms with Crippen molar-refractivity contribution in [3.8, 4) is 0 Å². The third kappa shape index (κ3) is 0.455. The fraction of sp³-hybridized carbons (Fsp3) is 1.00. The summed E-state index contributed by atoms with van der Waals surface area (Å²) in [7, 11) is 2.24. The van der Waals surface area contributed by atoms with E-state index in [4.69, 9.17) is 0 Å². The number of likely N-dealkylation sites (tertiary alicyclic amines) is 1. The maximum absolute atomic E-state index is 2.48. The Labute approximate surface area is 50.7 Å². The molecular formula is C7H13N. The molecule has 46 valence electrons. The summed E-state index contributed by atoms with van der Waals surface area (Å²) >= 11 is 0. The molecule has 0 aromatic heterocycles. The van der Waals surface area contributed by atoms with E-state index in [1.807, 2.05) is 0 Å². The summed E-state index contributed by atoms with van der Waals surface area (Å²) in [6.45, 7) is 1.38. The Morgan fingerprint density at radius 2 is 2.25 bits per heavy atom. The highest BCUT2D eigenvalue weighted by Gasteiger charge is 2.39. The van der Waals surface area contributed by atoms with Gasteiger partial charge in [0.1, 0.15) is 0 Å². The number of hydrogen-bond donors (Lipinski definition) is 0. The Hall–Kier alpha value is -0.0400. The minimum absolute atomic E-state index is 0.995. The van der Waals surface area contributed by atoms with Crippen molar-refractivity contribution in [2.24, 2.45) is 5.92 Å². The van der Waals surface area contributed by atoms with Gasteiger partial charge in [0.05, 0.1) is 0 Å². The monoisotopic (exact) mass is 111 g/mol. The van der Waals surface area contributed by atoms with Crippen LogP contribution in [0.3, 0.4) is 0 Å². The van der Waals surface area contributed by atoms with Gasteiger partial charge >= 0.3 is 0 Å². The van der Waals surface area contributed by atoms with Crippen LogP contribution in [-0.2, 0) is 0 Å². The lowest BCUT2D eigenvalue weighted by Crippen LogP contribution is -2.50. The molecule has 8 heavy (non-hydrogen) atoms. The van der Waals surface area contributed by atoms with E-state index in [0.29, 0.717) is 0 Å². The zero-order valence-corrected chi connectivity index (χ0v) is 5.43. The molecule has 0 N–H and O–H groups in total. The quantitative estimate of drug-likeness (QED) is 0.452. The van der Waals surface area contributed by atoms with Crippen LogP contribution in [0.4, 0.5) is 0 Å². The molecule has 1 nitrogen and oxygen atoms in total. The van der Waals surface area contributed by atoms with Gasteiger partial charge in [-0.3, -0.25) is 0 Å². The van der Waals surface area contributed by atoms with E-state index < -0.39 is 0 Å². The Morgan fingerprint density at radius 3 is 2.75 bits per heavy atom. The molecule has 2 fully saturated rings. The molecule has 2 unspecified atom stereocenters. The van der Waals surface area contributed by atoms with Crippen molar-refractivity contribution < 1.29 is 0 Å². The second-order valence-electron chi connectivity index (χ2n) is 3.20. The zero-order chi connectivity index (χ0) is 5.56. The summed E-state index contributed by atoms with van der Waals surface area (Å²) in [5.74, 6) is 1.10. The zero-order valence-electron chi connectivity index (χ0n) is 5.43. The first-order valence-corrected chi connectivity index (χ1v) is 3.58. The predicted molar refractivity (Wildman–Crippen MR) is 33.8 cm³/mol. The minimum atomic E-state index is 0.995. The average Bonchev–Trinajstić information content (AvgIpc) is 2.09. The van der Waals surface area contributed by atoms with Crippen LogP contribution in [-0.4, -0.2) is 24.5 Å². The van der Waals surface area contributed by atoms with Gasteiger partial charge in [-0.05, 0) is 25.8 Å². The standard InChI is InChI=1S/C7H13N/c1-8-5-6-3-2-4-7(6)8/h6-7H,2-5H2,1H3. The normalized spacial score (nSPS) is 46.1. The maximum atomic E-state index is 2.48. The van der Waals surface area contributed by atoms with Crippen LogP contribution in [0, 0.1) is 5.92 Å². The molecule has 1 aliphatic carbocycles. The fourth-order valence-corrected chi connectivity index (χ4v) is 2.18. The van der Waals surface area contributed by atoms with E-state index in [1.54, 1.807) is 0 Å². The molecule has 1 heteroatoms. The highest BCUT2D eigenvalue weighted by molar-refractivity contribution is 4.93. The molecule has 0 bridgehead atoms. The Balaban J connectivity index is 2.02. The Kier molecular flexibility index (Phi) is 0.884. The molecule has 2 atom stereocenters. The Bertz CT molecular complexity index is 101. The molecular weight excluding hydrogens is 98.1 g/mol. The van der Waals surface area contributed by atoms with Crippen molar-refractivity contribution >= 4 is 0 Å². The lowest BCUT2D eigenvalue weighted by Gasteiger charge is -2.41. The van der Waals surface area contributed by atoms with Crippen LogP contribution in [0.15, 0.2) is 0 Å². The first kappa shape index (κ1) is 4.80. The fourth-order valence-electron chi connectivity index (χ4n) is 2.18. The highest BCUT2D eigenvalue weighted by atomic mass is 15.2. The molecule has 0 spiro atoms. The van der Waals surface area contributed by atoms with Crippen molar-refractivity contribution in [3.05, 3.63) is 0 Å². The summed E-state index contributed by atoms with van der Waals surface area (Å²) in [6.07, 6.45) is 4.47. The largest absolute Gasteiger partial charge is 0.303 e. The van der Waals surface area contributed by atoms with E-state index in [0.717, 1.165) is 12.0 Å². The van der Waals surface area contributed by atoms with Gasteiger partial charge in [0.15, 0.2) is 0 Å². The van der Waals surface area contributed by atoms with Gasteiger partial charge < -0.3 is 4.90 Å². The van der Waals surface area contributed by atoms with Crippen molar-refractivity contribution in [2.45, 2.75) is 25.3 Å². The number of hydrogen-bond acceptors (Lipinski definition) is 1. The van der Waals surface area contributed by atoms with Crippen LogP contribution < -0.4 is 0 Å². The molecule has 0 aromatic carbocycles. The van der Waals surface area contributed by atoms with Crippen LogP contribution >= 0.6 is 0 Å². The Morgan fingerprint density at radius 1 is 1.38 bits per heavy atom. The SMILES string of the molecule is CN1CC2CCCC21. The second kappa shape index (κ2) is 1.47. The first-order chi connectivity index (χ1) is 3.88. The van der Waals surface area contributed by atoms with Crippen molar-refractivity contribution in [1.82, 2.24) is 4.90 Å².